The summed E-state index contributed by atoms with van der Waals surface area (Å²) in [6, 6.07) is 27.4. The standard InChI is InChI=1S/C24H18ClN3OS2/c25-16-9-11-17(12-10-16)28-23(22(27-24(28)30)19-8-4-5-15-26-19)20-13-14-21(29-20)31-18-6-2-1-3-7-18/h1-15,22-23H,(H,27,30)/t22-,23+/m1/s1. The van der Waals surface area contributed by atoms with Crippen molar-refractivity contribution >= 4 is 46.4 Å². The minimum atomic E-state index is -0.186. The molecular weight excluding hydrogens is 446 g/mol. The first-order valence-electron chi connectivity index (χ1n) is 9.78. The van der Waals surface area contributed by atoms with Crippen LogP contribution in [0.5, 0.6) is 0 Å². The van der Waals surface area contributed by atoms with Gasteiger partial charge in [0.05, 0.1) is 11.7 Å². The van der Waals surface area contributed by atoms with E-state index in [1.807, 2.05) is 72.8 Å². The molecule has 0 amide bonds. The molecule has 4 aromatic rings. The van der Waals surface area contributed by atoms with Crippen molar-refractivity contribution in [3.05, 3.63) is 108 Å². The van der Waals surface area contributed by atoms with E-state index in [1.54, 1.807) is 18.0 Å². The minimum Gasteiger partial charge on any atom is -0.452 e. The summed E-state index contributed by atoms with van der Waals surface area (Å²) in [6.07, 6.45) is 1.79. The summed E-state index contributed by atoms with van der Waals surface area (Å²) in [7, 11) is 0. The van der Waals surface area contributed by atoms with Crippen molar-refractivity contribution in [3.63, 3.8) is 0 Å². The van der Waals surface area contributed by atoms with Gasteiger partial charge in [-0.1, -0.05) is 47.6 Å². The summed E-state index contributed by atoms with van der Waals surface area (Å²) in [5, 5.41) is 5.57. The third-order valence-corrected chi connectivity index (χ3v) is 6.55. The van der Waals surface area contributed by atoms with Crippen LogP contribution in [0, 0.1) is 0 Å². The quantitative estimate of drug-likeness (QED) is 0.334. The summed E-state index contributed by atoms with van der Waals surface area (Å²) in [5.74, 6) is 0.816. The van der Waals surface area contributed by atoms with Gasteiger partial charge in [-0.25, -0.2) is 0 Å². The number of benzene rings is 2. The second kappa shape index (κ2) is 8.75. The van der Waals surface area contributed by atoms with Crippen molar-refractivity contribution in [2.45, 2.75) is 22.1 Å². The molecule has 1 saturated heterocycles. The molecule has 0 radical (unpaired) electrons. The molecule has 4 nitrogen and oxygen atoms in total. The van der Waals surface area contributed by atoms with Gasteiger partial charge in [0.15, 0.2) is 10.2 Å². The zero-order valence-corrected chi connectivity index (χ0v) is 18.7. The Morgan fingerprint density at radius 1 is 0.935 bits per heavy atom. The molecule has 0 aliphatic carbocycles. The van der Waals surface area contributed by atoms with Crippen molar-refractivity contribution in [3.8, 4) is 0 Å². The Balaban J connectivity index is 1.53. The van der Waals surface area contributed by atoms with Gasteiger partial charge in [0.2, 0.25) is 0 Å². The summed E-state index contributed by atoms with van der Waals surface area (Å²) < 4.78 is 6.31. The Kier molecular flexibility index (Phi) is 5.68. The highest BCUT2D eigenvalue weighted by molar-refractivity contribution is 7.99. The van der Waals surface area contributed by atoms with E-state index in [2.05, 4.69) is 27.3 Å². The number of rotatable bonds is 5. The van der Waals surface area contributed by atoms with Crippen LogP contribution < -0.4 is 10.2 Å². The number of nitrogens with zero attached hydrogens (tertiary/aromatic N) is 2. The number of anilines is 1. The molecule has 1 aliphatic heterocycles. The first-order chi connectivity index (χ1) is 15.2. The third kappa shape index (κ3) is 4.19. The smallest absolute Gasteiger partial charge is 0.174 e. The fraction of sp³-hybridized carbons (Fsp3) is 0.0833. The van der Waals surface area contributed by atoms with Gasteiger partial charge in [0.1, 0.15) is 11.8 Å². The number of furan rings is 1. The summed E-state index contributed by atoms with van der Waals surface area (Å²) >= 11 is 13.4. The lowest BCUT2D eigenvalue weighted by atomic mass is 10.0. The van der Waals surface area contributed by atoms with Crippen molar-refractivity contribution in [1.82, 2.24) is 10.3 Å². The van der Waals surface area contributed by atoms with E-state index >= 15 is 0 Å². The highest BCUT2D eigenvalue weighted by atomic mass is 35.5. The number of aromatic nitrogens is 1. The monoisotopic (exact) mass is 463 g/mol. The van der Waals surface area contributed by atoms with Crippen LogP contribution in [0.3, 0.4) is 0 Å². The highest BCUT2D eigenvalue weighted by Gasteiger charge is 2.42. The first-order valence-corrected chi connectivity index (χ1v) is 11.4. The Bertz CT molecular complexity index is 1180. The molecule has 154 valence electrons. The van der Waals surface area contributed by atoms with Crippen LogP contribution in [-0.4, -0.2) is 10.1 Å². The van der Waals surface area contributed by atoms with Gasteiger partial charge in [-0.15, -0.1) is 0 Å². The van der Waals surface area contributed by atoms with Crippen LogP contribution >= 0.6 is 35.6 Å². The zero-order valence-electron chi connectivity index (χ0n) is 16.3. The predicted octanol–water partition coefficient (Wildman–Crippen LogP) is 6.66. The molecule has 5 rings (SSSR count). The number of hydrogen-bond donors (Lipinski definition) is 1. The molecule has 31 heavy (non-hydrogen) atoms. The Morgan fingerprint density at radius 2 is 1.71 bits per heavy atom. The summed E-state index contributed by atoms with van der Waals surface area (Å²) in [5.41, 5.74) is 1.85. The van der Waals surface area contributed by atoms with E-state index in [0.29, 0.717) is 10.1 Å². The van der Waals surface area contributed by atoms with Crippen LogP contribution in [0.1, 0.15) is 23.5 Å². The van der Waals surface area contributed by atoms with Gasteiger partial charge >= 0.3 is 0 Å². The largest absolute Gasteiger partial charge is 0.452 e. The summed E-state index contributed by atoms with van der Waals surface area (Å²) in [4.78, 5) is 7.77. The molecule has 0 saturated carbocycles. The Morgan fingerprint density at radius 3 is 2.45 bits per heavy atom. The molecule has 0 bridgehead atoms. The lowest BCUT2D eigenvalue weighted by Crippen LogP contribution is -2.29. The number of halogens is 1. The fourth-order valence-electron chi connectivity index (χ4n) is 3.68. The van der Waals surface area contributed by atoms with Gasteiger partial charge in [0.25, 0.3) is 0 Å². The van der Waals surface area contributed by atoms with Crippen LogP contribution in [0.25, 0.3) is 0 Å². The van der Waals surface area contributed by atoms with E-state index < -0.39 is 0 Å². The average Bonchev–Trinajstić information content (AvgIpc) is 3.40. The van der Waals surface area contributed by atoms with E-state index in [9.17, 15) is 0 Å². The number of nitrogens with one attached hydrogen (secondary N) is 1. The Labute approximate surface area is 195 Å². The fourth-order valence-corrected chi connectivity index (χ4v) is 4.95. The zero-order chi connectivity index (χ0) is 21.2. The van der Waals surface area contributed by atoms with Gasteiger partial charge in [-0.2, -0.15) is 0 Å². The summed E-state index contributed by atoms with van der Waals surface area (Å²) in [6.45, 7) is 0. The van der Waals surface area contributed by atoms with E-state index in [-0.39, 0.29) is 12.1 Å². The lowest BCUT2D eigenvalue weighted by Gasteiger charge is -2.26. The maximum absolute atomic E-state index is 6.31. The molecule has 3 heterocycles. The van der Waals surface area contributed by atoms with Gasteiger partial charge < -0.3 is 14.6 Å². The normalized spacial score (nSPS) is 18.2. The van der Waals surface area contributed by atoms with Crippen molar-refractivity contribution in [2.75, 3.05) is 4.90 Å². The van der Waals surface area contributed by atoms with Crippen molar-refractivity contribution in [1.29, 1.82) is 0 Å². The van der Waals surface area contributed by atoms with Crippen LogP contribution in [0.2, 0.25) is 5.02 Å². The third-order valence-electron chi connectivity index (χ3n) is 5.06. The number of thiocarbonyl (C=S) groups is 1. The van der Waals surface area contributed by atoms with Gasteiger partial charge in [0, 0.05) is 21.8 Å². The number of pyridine rings is 1. The van der Waals surface area contributed by atoms with Crippen LogP contribution in [0.4, 0.5) is 5.69 Å². The average molecular weight is 464 g/mol. The molecule has 2 aromatic carbocycles. The second-order valence-electron chi connectivity index (χ2n) is 7.04. The molecule has 7 heteroatoms. The minimum absolute atomic E-state index is 0.148. The number of hydrogen-bond acceptors (Lipinski definition) is 4. The predicted molar refractivity (Wildman–Crippen MR) is 129 cm³/mol. The van der Waals surface area contributed by atoms with E-state index in [0.717, 1.165) is 27.1 Å². The van der Waals surface area contributed by atoms with Crippen molar-refractivity contribution in [2.24, 2.45) is 0 Å². The Hall–Kier alpha value is -2.80. The molecule has 2 aromatic heterocycles. The van der Waals surface area contributed by atoms with Crippen LogP contribution in [0.15, 0.2) is 106 Å². The molecule has 2 atom stereocenters. The molecule has 1 aliphatic rings. The molecule has 1 N–H and O–H groups in total. The van der Waals surface area contributed by atoms with Gasteiger partial charge in [-0.05, 0) is 72.9 Å². The first kappa shape index (κ1) is 20.1. The maximum Gasteiger partial charge on any atom is 0.174 e. The molecular formula is C24H18ClN3OS2. The highest BCUT2D eigenvalue weighted by Crippen LogP contribution is 2.43. The van der Waals surface area contributed by atoms with E-state index in [1.165, 1.54) is 0 Å². The molecule has 0 unspecified atom stereocenters. The topological polar surface area (TPSA) is 41.3 Å². The van der Waals surface area contributed by atoms with E-state index in [4.69, 9.17) is 28.2 Å². The van der Waals surface area contributed by atoms with Crippen molar-refractivity contribution < 1.29 is 4.42 Å². The SMILES string of the molecule is S=C1N[C@H](c2ccccn2)[C@H](c2ccc(Sc3ccccc3)o2)N1c1ccc(Cl)cc1. The van der Waals surface area contributed by atoms with Gasteiger partial charge in [-0.3, -0.25) is 4.98 Å². The van der Waals surface area contributed by atoms with Crippen LogP contribution in [-0.2, 0) is 0 Å². The lowest BCUT2D eigenvalue weighted by molar-refractivity contribution is 0.383. The maximum atomic E-state index is 6.31. The molecule has 0 spiro atoms. The second-order valence-corrected chi connectivity index (χ2v) is 8.95. The molecule has 1 fully saturated rings.